The number of carbonyl (C=O) groups excluding carboxylic acids is 1. The van der Waals surface area contributed by atoms with E-state index in [2.05, 4.69) is 20.9 Å². The molecule has 0 radical (unpaired) electrons. The molecule has 1 heterocycles. The highest BCUT2D eigenvalue weighted by Gasteiger charge is 2.12. The molecule has 1 aromatic heterocycles. The van der Waals surface area contributed by atoms with Crippen LogP contribution < -0.4 is 4.74 Å². The Morgan fingerprint density at radius 2 is 1.88 bits per heavy atom. The van der Waals surface area contributed by atoms with E-state index in [1.807, 2.05) is 42.5 Å². The molecule has 0 aliphatic rings. The lowest BCUT2D eigenvalue weighted by atomic mass is 10.1. The Morgan fingerprint density at radius 1 is 1.04 bits per heavy atom. The lowest BCUT2D eigenvalue weighted by molar-refractivity contribution is 0.0734. The molecule has 128 valence electrons. The van der Waals surface area contributed by atoms with E-state index in [0.717, 1.165) is 25.3 Å². The summed E-state index contributed by atoms with van der Waals surface area (Å²) in [5.74, 6) is 0.0820. The second kappa shape index (κ2) is 7.19. The zero-order valence-electron chi connectivity index (χ0n) is 13.3. The van der Waals surface area contributed by atoms with E-state index in [1.54, 1.807) is 35.6 Å². The number of hydrogen-bond acceptors (Lipinski definition) is 4. The Morgan fingerprint density at radius 3 is 2.73 bits per heavy atom. The van der Waals surface area contributed by atoms with Crippen LogP contribution in [-0.4, -0.2) is 11.0 Å². The van der Waals surface area contributed by atoms with Crippen LogP contribution in [0.15, 0.2) is 71.2 Å². The fourth-order valence-electron chi connectivity index (χ4n) is 2.50. The summed E-state index contributed by atoms with van der Waals surface area (Å²) in [4.78, 5) is 17.1. The molecule has 6 heteroatoms. The second-order valence-corrected chi connectivity index (χ2v) is 7.94. The standard InChI is InChI=1S/C20H11BrClNO2S/c21-14-5-2-6-16(10-14)25-20(24)13-4-1-3-12(9-13)19-23-17-11-15(22)7-8-18(17)26-19/h1-11H. The molecule has 4 rings (SSSR count). The van der Waals surface area contributed by atoms with Crippen molar-refractivity contribution in [3.63, 3.8) is 0 Å². The first-order valence-electron chi connectivity index (χ1n) is 7.73. The van der Waals surface area contributed by atoms with Crippen molar-refractivity contribution in [1.82, 2.24) is 4.98 Å². The quantitative estimate of drug-likeness (QED) is 0.264. The third kappa shape index (κ3) is 3.65. The molecule has 26 heavy (non-hydrogen) atoms. The maximum Gasteiger partial charge on any atom is 0.343 e. The third-order valence-electron chi connectivity index (χ3n) is 3.70. The highest BCUT2D eigenvalue weighted by atomic mass is 79.9. The molecule has 0 saturated heterocycles. The van der Waals surface area contributed by atoms with Crippen LogP contribution >= 0.6 is 38.9 Å². The normalized spacial score (nSPS) is 10.8. The molecular weight excluding hydrogens is 434 g/mol. The molecule has 0 saturated carbocycles. The van der Waals surface area contributed by atoms with Crippen molar-refractivity contribution in [2.24, 2.45) is 0 Å². The number of benzene rings is 3. The predicted octanol–water partition coefficient (Wildman–Crippen LogP) is 6.60. The van der Waals surface area contributed by atoms with Gasteiger partial charge in [-0.2, -0.15) is 0 Å². The summed E-state index contributed by atoms with van der Waals surface area (Å²) in [6.07, 6.45) is 0. The van der Waals surface area contributed by atoms with Crippen LogP contribution in [0.2, 0.25) is 5.02 Å². The minimum atomic E-state index is -0.408. The van der Waals surface area contributed by atoms with Crippen molar-refractivity contribution in [1.29, 1.82) is 0 Å². The predicted molar refractivity (Wildman–Crippen MR) is 109 cm³/mol. The summed E-state index contributed by atoms with van der Waals surface area (Å²) in [5, 5.41) is 1.49. The summed E-state index contributed by atoms with van der Waals surface area (Å²) < 4.78 is 7.34. The van der Waals surface area contributed by atoms with Crippen molar-refractivity contribution in [2.75, 3.05) is 0 Å². The molecule has 0 fully saturated rings. The van der Waals surface area contributed by atoms with Crippen molar-refractivity contribution >= 4 is 55.1 Å². The van der Waals surface area contributed by atoms with Crippen LogP contribution in [0.5, 0.6) is 5.75 Å². The first-order valence-corrected chi connectivity index (χ1v) is 9.71. The summed E-state index contributed by atoms with van der Waals surface area (Å²) in [6, 6.07) is 20.1. The molecule has 0 spiro atoms. The number of rotatable bonds is 3. The second-order valence-electron chi connectivity index (χ2n) is 5.56. The Balaban J connectivity index is 1.64. The van der Waals surface area contributed by atoms with E-state index in [0.29, 0.717) is 16.3 Å². The highest BCUT2D eigenvalue weighted by molar-refractivity contribution is 9.10. The minimum Gasteiger partial charge on any atom is -0.423 e. The number of fused-ring (bicyclic) bond motifs is 1. The van der Waals surface area contributed by atoms with Crippen LogP contribution in [0.25, 0.3) is 20.8 Å². The van der Waals surface area contributed by atoms with Crippen molar-refractivity contribution < 1.29 is 9.53 Å². The highest BCUT2D eigenvalue weighted by Crippen LogP contribution is 2.32. The Bertz CT molecular complexity index is 1130. The third-order valence-corrected chi connectivity index (χ3v) is 5.52. The minimum absolute atomic E-state index is 0.408. The van der Waals surface area contributed by atoms with Crippen LogP contribution in [0, 0.1) is 0 Å². The molecule has 3 nitrogen and oxygen atoms in total. The number of thiazole rings is 1. The number of carbonyl (C=O) groups is 1. The number of nitrogens with zero attached hydrogens (tertiary/aromatic N) is 1. The fourth-order valence-corrected chi connectivity index (χ4v) is 3.99. The molecule has 0 aliphatic heterocycles. The van der Waals surface area contributed by atoms with Gasteiger partial charge in [-0.05, 0) is 48.5 Å². The van der Waals surface area contributed by atoms with Gasteiger partial charge in [-0.25, -0.2) is 9.78 Å². The van der Waals surface area contributed by atoms with Gasteiger partial charge in [0, 0.05) is 15.1 Å². The van der Waals surface area contributed by atoms with Crippen LogP contribution in [0.3, 0.4) is 0 Å². The van der Waals surface area contributed by atoms with Gasteiger partial charge in [0.1, 0.15) is 10.8 Å². The average Bonchev–Trinajstić information content (AvgIpc) is 3.05. The van der Waals surface area contributed by atoms with Crippen LogP contribution in [0.1, 0.15) is 10.4 Å². The maximum absolute atomic E-state index is 12.5. The molecule has 0 unspecified atom stereocenters. The van der Waals surface area contributed by atoms with Crippen molar-refractivity contribution in [2.45, 2.75) is 0 Å². The molecule has 3 aromatic carbocycles. The SMILES string of the molecule is O=C(Oc1cccc(Br)c1)c1cccc(-c2nc3cc(Cl)ccc3s2)c1. The van der Waals surface area contributed by atoms with Gasteiger partial charge in [0.05, 0.1) is 15.8 Å². The van der Waals surface area contributed by atoms with E-state index in [4.69, 9.17) is 16.3 Å². The summed E-state index contributed by atoms with van der Waals surface area (Å²) in [5.41, 5.74) is 2.19. The van der Waals surface area contributed by atoms with Crippen LogP contribution in [-0.2, 0) is 0 Å². The van der Waals surface area contributed by atoms with Crippen molar-refractivity contribution in [3.8, 4) is 16.3 Å². The Hall–Kier alpha value is -2.21. The van der Waals surface area contributed by atoms with Gasteiger partial charge >= 0.3 is 5.97 Å². The van der Waals surface area contributed by atoms with Gasteiger partial charge in [-0.3, -0.25) is 0 Å². The number of halogens is 2. The van der Waals surface area contributed by atoms with Crippen LogP contribution in [0.4, 0.5) is 0 Å². The summed E-state index contributed by atoms with van der Waals surface area (Å²) in [6.45, 7) is 0. The number of esters is 1. The zero-order valence-corrected chi connectivity index (χ0v) is 16.4. The lowest BCUT2D eigenvalue weighted by Crippen LogP contribution is -2.08. The van der Waals surface area contributed by atoms with Crippen molar-refractivity contribution in [3.05, 3.63) is 81.8 Å². The van der Waals surface area contributed by atoms with E-state index < -0.39 is 5.97 Å². The van der Waals surface area contributed by atoms with Gasteiger partial charge in [0.2, 0.25) is 0 Å². The smallest absolute Gasteiger partial charge is 0.343 e. The van der Waals surface area contributed by atoms with E-state index in [-0.39, 0.29) is 0 Å². The zero-order chi connectivity index (χ0) is 18.1. The Labute approximate surface area is 167 Å². The Kier molecular flexibility index (Phi) is 4.76. The largest absolute Gasteiger partial charge is 0.423 e. The molecule has 0 N–H and O–H groups in total. The number of ether oxygens (including phenoxy) is 1. The number of aromatic nitrogens is 1. The molecule has 0 aliphatic carbocycles. The maximum atomic E-state index is 12.5. The topological polar surface area (TPSA) is 39.2 Å². The van der Waals surface area contributed by atoms with Gasteiger partial charge in [0.25, 0.3) is 0 Å². The first-order chi connectivity index (χ1) is 12.6. The van der Waals surface area contributed by atoms with Gasteiger partial charge in [-0.15, -0.1) is 11.3 Å². The van der Waals surface area contributed by atoms with Gasteiger partial charge in [-0.1, -0.05) is 45.7 Å². The molecular formula is C20H11BrClNO2S. The van der Waals surface area contributed by atoms with Gasteiger partial charge in [0.15, 0.2) is 0 Å². The van der Waals surface area contributed by atoms with Gasteiger partial charge < -0.3 is 4.74 Å². The fraction of sp³-hybridized carbons (Fsp3) is 0. The summed E-state index contributed by atoms with van der Waals surface area (Å²) in [7, 11) is 0. The monoisotopic (exact) mass is 443 g/mol. The average molecular weight is 445 g/mol. The number of hydrogen-bond donors (Lipinski definition) is 0. The molecule has 0 amide bonds. The first kappa shape index (κ1) is 17.2. The lowest BCUT2D eigenvalue weighted by Gasteiger charge is -2.05. The van der Waals surface area contributed by atoms with E-state index in [9.17, 15) is 4.79 Å². The molecule has 0 atom stereocenters. The summed E-state index contributed by atoms with van der Waals surface area (Å²) >= 11 is 11.0. The molecule has 4 aromatic rings. The van der Waals surface area contributed by atoms with E-state index >= 15 is 0 Å². The molecule has 0 bridgehead atoms. The van der Waals surface area contributed by atoms with E-state index in [1.165, 1.54) is 0 Å².